The van der Waals surface area contributed by atoms with Gasteiger partial charge in [-0.15, -0.1) is 0 Å². The Hall–Kier alpha value is -2.86. The van der Waals surface area contributed by atoms with Gasteiger partial charge < -0.3 is 19.9 Å². The molecule has 0 aromatic heterocycles. The minimum Gasteiger partial charge on any atom is -0.376 e. The van der Waals surface area contributed by atoms with Crippen LogP contribution in [0.4, 0.5) is 5.69 Å². The van der Waals surface area contributed by atoms with Gasteiger partial charge in [-0.1, -0.05) is 48.5 Å². The van der Waals surface area contributed by atoms with Gasteiger partial charge >= 0.3 is 0 Å². The minimum absolute atomic E-state index is 0.0861. The highest BCUT2D eigenvalue weighted by Crippen LogP contribution is 2.27. The highest BCUT2D eigenvalue weighted by molar-refractivity contribution is 5.98. The SMILES string of the molecule is CN=C(NCC(=O)N1CCc2ccccc21)N1CCC(COCc2ccccc2)C1. The Balaban J connectivity index is 1.22. The lowest BCUT2D eigenvalue weighted by molar-refractivity contribution is -0.117. The van der Waals surface area contributed by atoms with Crippen LogP contribution < -0.4 is 10.2 Å². The molecule has 1 fully saturated rings. The van der Waals surface area contributed by atoms with Gasteiger partial charge in [-0.2, -0.15) is 0 Å². The van der Waals surface area contributed by atoms with Crippen molar-refractivity contribution in [2.24, 2.45) is 10.9 Å². The summed E-state index contributed by atoms with van der Waals surface area (Å²) in [5.41, 5.74) is 3.48. The molecule has 30 heavy (non-hydrogen) atoms. The van der Waals surface area contributed by atoms with Crippen LogP contribution in [-0.2, 0) is 22.6 Å². The van der Waals surface area contributed by atoms with Gasteiger partial charge in [-0.05, 0) is 30.0 Å². The molecule has 0 radical (unpaired) electrons. The van der Waals surface area contributed by atoms with Crippen molar-refractivity contribution in [1.82, 2.24) is 10.2 Å². The number of nitrogens with zero attached hydrogens (tertiary/aromatic N) is 3. The summed E-state index contributed by atoms with van der Waals surface area (Å²) in [4.78, 5) is 21.2. The molecule has 0 aliphatic carbocycles. The number of benzene rings is 2. The summed E-state index contributed by atoms with van der Waals surface area (Å²) in [5.74, 6) is 1.36. The zero-order valence-electron chi connectivity index (χ0n) is 17.6. The molecule has 0 saturated carbocycles. The predicted molar refractivity (Wildman–Crippen MR) is 120 cm³/mol. The number of hydrogen-bond acceptors (Lipinski definition) is 3. The summed E-state index contributed by atoms with van der Waals surface area (Å²) >= 11 is 0. The van der Waals surface area contributed by atoms with Crippen LogP contribution in [0, 0.1) is 5.92 Å². The van der Waals surface area contributed by atoms with Gasteiger partial charge in [0.15, 0.2) is 5.96 Å². The summed E-state index contributed by atoms with van der Waals surface area (Å²) in [6, 6.07) is 18.4. The quantitative estimate of drug-likeness (QED) is 0.592. The van der Waals surface area contributed by atoms with E-state index in [1.165, 1.54) is 11.1 Å². The third kappa shape index (κ3) is 4.82. The van der Waals surface area contributed by atoms with Crippen molar-refractivity contribution < 1.29 is 9.53 Å². The molecule has 0 bridgehead atoms. The van der Waals surface area contributed by atoms with Gasteiger partial charge in [0.05, 0.1) is 19.8 Å². The molecular formula is C24H30N4O2. The first-order valence-electron chi connectivity index (χ1n) is 10.7. The van der Waals surface area contributed by atoms with E-state index in [4.69, 9.17) is 4.74 Å². The molecule has 2 aromatic carbocycles. The number of hydrogen-bond donors (Lipinski definition) is 1. The number of anilines is 1. The molecule has 158 valence electrons. The first-order chi connectivity index (χ1) is 14.7. The summed E-state index contributed by atoms with van der Waals surface area (Å²) in [5, 5.41) is 3.27. The van der Waals surface area contributed by atoms with E-state index >= 15 is 0 Å². The van der Waals surface area contributed by atoms with E-state index < -0.39 is 0 Å². The Labute approximate surface area is 178 Å². The average molecular weight is 407 g/mol. The molecule has 1 N–H and O–H groups in total. The zero-order valence-corrected chi connectivity index (χ0v) is 17.6. The summed E-state index contributed by atoms with van der Waals surface area (Å²) < 4.78 is 5.92. The topological polar surface area (TPSA) is 57.2 Å². The van der Waals surface area contributed by atoms with Crippen LogP contribution in [0.5, 0.6) is 0 Å². The lowest BCUT2D eigenvalue weighted by Gasteiger charge is -2.23. The maximum atomic E-state index is 12.8. The van der Waals surface area contributed by atoms with E-state index in [2.05, 4.69) is 33.4 Å². The second-order valence-electron chi connectivity index (χ2n) is 7.93. The second kappa shape index (κ2) is 9.76. The molecule has 4 rings (SSSR count). The van der Waals surface area contributed by atoms with E-state index in [0.717, 1.165) is 50.7 Å². The number of carbonyl (C=O) groups is 1. The number of nitrogens with one attached hydrogen (secondary N) is 1. The van der Waals surface area contributed by atoms with Crippen LogP contribution in [0.15, 0.2) is 59.6 Å². The Kier molecular flexibility index (Phi) is 6.64. The van der Waals surface area contributed by atoms with E-state index in [-0.39, 0.29) is 12.5 Å². The lowest BCUT2D eigenvalue weighted by atomic mass is 10.1. The van der Waals surface area contributed by atoms with Gasteiger partial charge in [0.1, 0.15) is 0 Å². The fourth-order valence-corrected chi connectivity index (χ4v) is 4.26. The van der Waals surface area contributed by atoms with Crippen molar-refractivity contribution in [3.63, 3.8) is 0 Å². The molecule has 0 spiro atoms. The number of amides is 1. The number of rotatable bonds is 6. The minimum atomic E-state index is 0.0861. The highest BCUT2D eigenvalue weighted by Gasteiger charge is 2.27. The van der Waals surface area contributed by atoms with Gasteiger partial charge in [-0.3, -0.25) is 9.79 Å². The van der Waals surface area contributed by atoms with Crippen molar-refractivity contribution in [3.05, 3.63) is 65.7 Å². The summed E-state index contributed by atoms with van der Waals surface area (Å²) in [6.45, 7) is 4.23. The monoisotopic (exact) mass is 406 g/mol. The zero-order chi connectivity index (χ0) is 20.8. The Morgan fingerprint density at radius 3 is 2.77 bits per heavy atom. The molecule has 6 nitrogen and oxygen atoms in total. The number of carbonyl (C=O) groups excluding carboxylic acids is 1. The first-order valence-corrected chi connectivity index (χ1v) is 10.7. The molecule has 2 aromatic rings. The highest BCUT2D eigenvalue weighted by atomic mass is 16.5. The van der Waals surface area contributed by atoms with Crippen molar-refractivity contribution in [2.75, 3.05) is 44.7 Å². The van der Waals surface area contributed by atoms with Crippen LogP contribution in [0.25, 0.3) is 0 Å². The standard InChI is InChI=1S/C24H30N4O2/c1-25-24(26-15-23(29)28-14-12-21-9-5-6-10-22(21)28)27-13-11-20(16-27)18-30-17-19-7-3-2-4-8-19/h2-10,20H,11-18H2,1H3,(H,25,26). The molecule has 6 heteroatoms. The summed E-state index contributed by atoms with van der Waals surface area (Å²) in [6.07, 6.45) is 2.00. The van der Waals surface area contributed by atoms with E-state index in [1.54, 1.807) is 7.05 Å². The predicted octanol–water partition coefficient (Wildman–Crippen LogP) is 2.69. The van der Waals surface area contributed by atoms with Crippen LogP contribution in [0.3, 0.4) is 0 Å². The number of fused-ring (bicyclic) bond motifs is 1. The van der Waals surface area contributed by atoms with Crippen LogP contribution in [0.1, 0.15) is 17.5 Å². The molecular weight excluding hydrogens is 376 g/mol. The molecule has 1 amide bonds. The molecule has 1 atom stereocenters. The second-order valence-corrected chi connectivity index (χ2v) is 7.93. The maximum absolute atomic E-state index is 12.8. The number of guanidine groups is 1. The molecule has 1 unspecified atom stereocenters. The molecule has 2 aliphatic rings. The fraction of sp³-hybridized carbons (Fsp3) is 0.417. The summed E-state index contributed by atoms with van der Waals surface area (Å²) in [7, 11) is 1.77. The lowest BCUT2D eigenvalue weighted by Crippen LogP contribution is -2.45. The number of aliphatic imine (C=N–C) groups is 1. The molecule has 2 heterocycles. The van der Waals surface area contributed by atoms with Gasteiger partial charge in [0.2, 0.25) is 5.91 Å². The number of para-hydroxylation sites is 1. The van der Waals surface area contributed by atoms with Gasteiger partial charge in [0, 0.05) is 38.3 Å². The first kappa shape index (κ1) is 20.4. The Bertz CT molecular complexity index is 884. The third-order valence-electron chi connectivity index (χ3n) is 5.85. The molecule has 2 aliphatic heterocycles. The largest absolute Gasteiger partial charge is 0.376 e. The normalized spacial score (nSPS) is 18.6. The fourth-order valence-electron chi connectivity index (χ4n) is 4.26. The van der Waals surface area contributed by atoms with E-state index in [0.29, 0.717) is 12.5 Å². The average Bonchev–Trinajstić information content (AvgIpc) is 3.42. The smallest absolute Gasteiger partial charge is 0.246 e. The van der Waals surface area contributed by atoms with Crippen LogP contribution >= 0.6 is 0 Å². The molecule has 1 saturated heterocycles. The van der Waals surface area contributed by atoms with Crippen molar-refractivity contribution in [2.45, 2.75) is 19.4 Å². The van der Waals surface area contributed by atoms with Crippen LogP contribution in [0.2, 0.25) is 0 Å². The van der Waals surface area contributed by atoms with E-state index in [9.17, 15) is 4.79 Å². The van der Waals surface area contributed by atoms with Crippen molar-refractivity contribution in [3.8, 4) is 0 Å². The van der Waals surface area contributed by atoms with Crippen molar-refractivity contribution in [1.29, 1.82) is 0 Å². The maximum Gasteiger partial charge on any atom is 0.246 e. The number of likely N-dealkylation sites (tertiary alicyclic amines) is 1. The Morgan fingerprint density at radius 1 is 1.13 bits per heavy atom. The Morgan fingerprint density at radius 2 is 1.93 bits per heavy atom. The third-order valence-corrected chi connectivity index (χ3v) is 5.85. The van der Waals surface area contributed by atoms with Crippen molar-refractivity contribution >= 4 is 17.6 Å². The van der Waals surface area contributed by atoms with Gasteiger partial charge in [0.25, 0.3) is 0 Å². The van der Waals surface area contributed by atoms with E-state index in [1.807, 2.05) is 41.3 Å². The van der Waals surface area contributed by atoms with Crippen LogP contribution in [-0.4, -0.2) is 56.6 Å². The number of ether oxygens (including phenoxy) is 1. The van der Waals surface area contributed by atoms with Gasteiger partial charge in [-0.25, -0.2) is 0 Å².